The maximum absolute atomic E-state index is 12.3. The van der Waals surface area contributed by atoms with Gasteiger partial charge in [0.05, 0.1) is 0 Å². The fraction of sp³-hybridized carbons (Fsp3) is 0.643. The van der Waals surface area contributed by atoms with Gasteiger partial charge in [-0.05, 0) is 37.0 Å². The van der Waals surface area contributed by atoms with Gasteiger partial charge >= 0.3 is 0 Å². The second-order valence-corrected chi connectivity index (χ2v) is 6.08. The Morgan fingerprint density at radius 2 is 2.20 bits per heavy atom. The number of amides is 1. The minimum absolute atomic E-state index is 0.0494. The van der Waals surface area contributed by atoms with Crippen LogP contribution in [-0.4, -0.2) is 15.9 Å². The van der Waals surface area contributed by atoms with E-state index in [0.717, 1.165) is 18.3 Å². The molecule has 108 valence electrons. The highest BCUT2D eigenvalue weighted by Crippen LogP contribution is 2.54. The van der Waals surface area contributed by atoms with E-state index in [4.69, 9.17) is 11.6 Å². The third-order valence-electron chi connectivity index (χ3n) is 4.86. The quantitative estimate of drug-likeness (QED) is 0.838. The zero-order chi connectivity index (χ0) is 14.1. The predicted octanol–water partition coefficient (Wildman–Crippen LogP) is 2.65. The Morgan fingerprint density at radius 1 is 1.40 bits per heavy atom. The molecule has 3 aliphatic carbocycles. The molecule has 4 unspecified atom stereocenters. The summed E-state index contributed by atoms with van der Waals surface area (Å²) in [5, 5.41) is 0.256. The average Bonchev–Trinajstić information content (AvgIpc) is 2.46. The van der Waals surface area contributed by atoms with Gasteiger partial charge in [0.15, 0.2) is 11.0 Å². The molecule has 2 bridgehead atoms. The molecule has 20 heavy (non-hydrogen) atoms. The summed E-state index contributed by atoms with van der Waals surface area (Å²) in [6.07, 6.45) is 7.61. The van der Waals surface area contributed by atoms with Gasteiger partial charge in [-0.2, -0.15) is 0 Å². The van der Waals surface area contributed by atoms with Gasteiger partial charge in [-0.3, -0.25) is 15.6 Å². The lowest BCUT2D eigenvalue weighted by Gasteiger charge is -2.53. The van der Waals surface area contributed by atoms with Crippen LogP contribution in [0.3, 0.4) is 0 Å². The van der Waals surface area contributed by atoms with Crippen molar-refractivity contribution in [3.8, 4) is 0 Å². The Hall–Kier alpha value is -1.36. The lowest BCUT2D eigenvalue weighted by molar-refractivity contribution is -0.136. The van der Waals surface area contributed by atoms with E-state index in [0.29, 0.717) is 11.7 Å². The van der Waals surface area contributed by atoms with E-state index < -0.39 is 0 Å². The van der Waals surface area contributed by atoms with E-state index in [-0.39, 0.29) is 17.0 Å². The number of hydrogen-bond acceptors (Lipinski definition) is 4. The third kappa shape index (κ3) is 2.35. The molecule has 6 heteroatoms. The van der Waals surface area contributed by atoms with Gasteiger partial charge in [0, 0.05) is 18.3 Å². The van der Waals surface area contributed by atoms with Crippen molar-refractivity contribution in [2.75, 3.05) is 5.43 Å². The van der Waals surface area contributed by atoms with E-state index in [1.54, 1.807) is 0 Å². The highest BCUT2D eigenvalue weighted by atomic mass is 35.5. The molecule has 3 aliphatic rings. The summed E-state index contributed by atoms with van der Waals surface area (Å²) in [7, 11) is 0. The van der Waals surface area contributed by atoms with Crippen LogP contribution in [0.1, 0.15) is 32.6 Å². The van der Waals surface area contributed by atoms with Crippen molar-refractivity contribution in [3.05, 3.63) is 17.5 Å². The maximum atomic E-state index is 12.3. The molecule has 2 N–H and O–H groups in total. The Bertz CT molecular complexity index is 508. The van der Waals surface area contributed by atoms with Crippen molar-refractivity contribution in [3.63, 3.8) is 0 Å². The summed E-state index contributed by atoms with van der Waals surface area (Å²) in [6, 6.07) is 0. The number of hydrogen-bond donors (Lipinski definition) is 2. The monoisotopic (exact) mass is 294 g/mol. The normalized spacial score (nSPS) is 31.3. The second kappa shape index (κ2) is 5.56. The molecule has 4 rings (SSSR count). The van der Waals surface area contributed by atoms with Crippen LogP contribution in [0, 0.1) is 23.7 Å². The SMILES string of the molecule is CCC1C2CCC(C(=O)NNc3nccnc3Cl)C1C2. The average molecular weight is 295 g/mol. The molecular formula is C14H19ClN4O. The Balaban J connectivity index is 1.58. The van der Waals surface area contributed by atoms with Gasteiger partial charge in [-0.25, -0.2) is 9.97 Å². The third-order valence-corrected chi connectivity index (χ3v) is 5.14. The van der Waals surface area contributed by atoms with E-state index in [1.807, 2.05) is 0 Å². The number of anilines is 1. The smallest absolute Gasteiger partial charge is 0.241 e. The minimum atomic E-state index is 0.0494. The number of carbonyl (C=O) groups is 1. The topological polar surface area (TPSA) is 66.9 Å². The van der Waals surface area contributed by atoms with E-state index in [9.17, 15) is 4.79 Å². The number of fused-ring (bicyclic) bond motifs is 2. The molecule has 0 saturated heterocycles. The number of rotatable bonds is 4. The van der Waals surface area contributed by atoms with Gasteiger partial charge in [0.1, 0.15) is 0 Å². The van der Waals surface area contributed by atoms with E-state index >= 15 is 0 Å². The summed E-state index contributed by atoms with van der Waals surface area (Å²) < 4.78 is 0. The number of carbonyl (C=O) groups excluding carboxylic acids is 1. The van der Waals surface area contributed by atoms with Crippen LogP contribution in [0.5, 0.6) is 0 Å². The van der Waals surface area contributed by atoms with Gasteiger partial charge < -0.3 is 0 Å². The molecule has 0 spiro atoms. The van der Waals surface area contributed by atoms with Crippen LogP contribution < -0.4 is 10.9 Å². The summed E-state index contributed by atoms with van der Waals surface area (Å²) in [5.74, 6) is 2.70. The largest absolute Gasteiger partial charge is 0.279 e. The van der Waals surface area contributed by atoms with Crippen LogP contribution in [-0.2, 0) is 4.79 Å². The van der Waals surface area contributed by atoms with Crippen LogP contribution in [0.2, 0.25) is 5.15 Å². The molecule has 0 radical (unpaired) electrons. The summed E-state index contributed by atoms with van der Waals surface area (Å²) in [6.45, 7) is 2.22. The molecule has 5 nitrogen and oxygen atoms in total. The summed E-state index contributed by atoms with van der Waals surface area (Å²) in [4.78, 5) is 20.3. The number of aromatic nitrogens is 2. The minimum Gasteiger partial charge on any atom is -0.279 e. The van der Waals surface area contributed by atoms with Crippen LogP contribution in [0.4, 0.5) is 5.82 Å². The number of nitrogens with one attached hydrogen (secondary N) is 2. The van der Waals surface area contributed by atoms with Crippen molar-refractivity contribution < 1.29 is 4.79 Å². The first-order valence-electron chi connectivity index (χ1n) is 7.23. The van der Waals surface area contributed by atoms with Gasteiger partial charge in [-0.15, -0.1) is 0 Å². The predicted molar refractivity (Wildman–Crippen MR) is 76.9 cm³/mol. The molecule has 3 saturated carbocycles. The zero-order valence-electron chi connectivity index (χ0n) is 11.5. The molecule has 3 fully saturated rings. The Labute approximate surface area is 123 Å². The highest BCUT2D eigenvalue weighted by molar-refractivity contribution is 6.31. The lowest BCUT2D eigenvalue weighted by atomic mass is 9.52. The summed E-state index contributed by atoms with van der Waals surface area (Å²) in [5.41, 5.74) is 5.51. The first-order chi connectivity index (χ1) is 9.70. The molecule has 0 aromatic carbocycles. The number of hydrazine groups is 1. The Morgan fingerprint density at radius 3 is 2.90 bits per heavy atom. The maximum Gasteiger partial charge on any atom is 0.241 e. The highest BCUT2D eigenvalue weighted by Gasteiger charge is 2.49. The van der Waals surface area contributed by atoms with Crippen molar-refractivity contribution >= 4 is 23.3 Å². The Kier molecular flexibility index (Phi) is 3.78. The summed E-state index contributed by atoms with van der Waals surface area (Å²) >= 11 is 5.89. The van der Waals surface area contributed by atoms with Crippen LogP contribution in [0.25, 0.3) is 0 Å². The first-order valence-corrected chi connectivity index (χ1v) is 7.61. The standard InChI is InChI=1S/C14H19ClN4O/c1-2-9-8-3-4-10(11(9)7-8)14(20)19-18-13-12(15)16-5-6-17-13/h5-6,8-11H,2-4,7H2,1H3,(H,17,18)(H,19,20). The molecule has 1 aromatic rings. The molecule has 1 aromatic heterocycles. The number of nitrogens with zero attached hydrogens (tertiary/aromatic N) is 2. The van der Waals surface area contributed by atoms with Crippen molar-refractivity contribution in [2.45, 2.75) is 32.6 Å². The lowest BCUT2D eigenvalue weighted by Crippen LogP contribution is -2.51. The van der Waals surface area contributed by atoms with Gasteiger partial charge in [0.25, 0.3) is 0 Å². The van der Waals surface area contributed by atoms with Crippen molar-refractivity contribution in [1.82, 2.24) is 15.4 Å². The molecule has 4 atom stereocenters. The van der Waals surface area contributed by atoms with Crippen LogP contribution >= 0.6 is 11.6 Å². The van der Waals surface area contributed by atoms with E-state index in [1.165, 1.54) is 31.7 Å². The molecule has 0 aliphatic heterocycles. The molecular weight excluding hydrogens is 276 g/mol. The van der Waals surface area contributed by atoms with Crippen molar-refractivity contribution in [2.24, 2.45) is 23.7 Å². The van der Waals surface area contributed by atoms with Crippen LogP contribution in [0.15, 0.2) is 12.4 Å². The molecule has 1 amide bonds. The second-order valence-electron chi connectivity index (χ2n) is 5.73. The fourth-order valence-electron chi connectivity index (χ4n) is 3.84. The van der Waals surface area contributed by atoms with Gasteiger partial charge in [0.2, 0.25) is 5.91 Å². The van der Waals surface area contributed by atoms with Crippen molar-refractivity contribution in [1.29, 1.82) is 0 Å². The molecule has 1 heterocycles. The first kappa shape index (κ1) is 13.6. The zero-order valence-corrected chi connectivity index (χ0v) is 12.2. The fourth-order valence-corrected chi connectivity index (χ4v) is 3.99. The van der Waals surface area contributed by atoms with Gasteiger partial charge in [-0.1, -0.05) is 24.9 Å². The van der Waals surface area contributed by atoms with E-state index in [2.05, 4.69) is 27.7 Å². The number of halogens is 1.